The lowest BCUT2D eigenvalue weighted by molar-refractivity contribution is 0.775. The van der Waals surface area contributed by atoms with Gasteiger partial charge in [0.1, 0.15) is 0 Å². The van der Waals surface area contributed by atoms with Crippen LogP contribution in [0.25, 0.3) is 76.5 Å². The van der Waals surface area contributed by atoms with E-state index in [1.807, 2.05) is 0 Å². The molecule has 0 radical (unpaired) electrons. The molecule has 0 fully saturated rings. The summed E-state index contributed by atoms with van der Waals surface area (Å²) in [5.74, 6) is 0. The molecule has 0 atom stereocenters. The van der Waals surface area contributed by atoms with Crippen LogP contribution in [0, 0.1) is 0 Å². The lowest BCUT2D eigenvalue weighted by Crippen LogP contribution is -2.28. The van der Waals surface area contributed by atoms with Crippen molar-refractivity contribution >= 4 is 43.1 Å². The molecule has 0 heterocycles. The minimum atomic E-state index is -0.510. The van der Waals surface area contributed by atoms with Crippen LogP contribution in [0.2, 0.25) is 0 Å². The topological polar surface area (TPSA) is 0 Å². The third kappa shape index (κ3) is 3.96. The fourth-order valence-corrected chi connectivity index (χ4v) is 9.32. The average molecular weight is 645 g/mol. The van der Waals surface area contributed by atoms with Crippen LogP contribution < -0.4 is 0 Å². The molecule has 0 heteroatoms. The molecule has 1 aliphatic carbocycles. The van der Waals surface area contributed by atoms with Crippen LogP contribution in [0.5, 0.6) is 0 Å². The van der Waals surface area contributed by atoms with Crippen molar-refractivity contribution < 1.29 is 0 Å². The highest BCUT2D eigenvalue weighted by atomic mass is 14.5. The maximum absolute atomic E-state index is 2.47. The minimum Gasteiger partial charge on any atom is -0.0622 e. The second-order valence-electron chi connectivity index (χ2n) is 14.0. The van der Waals surface area contributed by atoms with E-state index in [-0.39, 0.29) is 0 Å². The summed E-state index contributed by atoms with van der Waals surface area (Å²) in [4.78, 5) is 0. The first kappa shape index (κ1) is 28.3. The SMILES string of the molecule is c1ccc(-c2cc3ccc(-c4cc5ccc6cccc7ccc(c4)c5c67)cc3c3c2-c2ccccc2C3(c2ccccc2)c2ccccc2)cc1. The Hall–Kier alpha value is -6.50. The van der Waals surface area contributed by atoms with Crippen molar-refractivity contribution in [2.45, 2.75) is 5.41 Å². The summed E-state index contributed by atoms with van der Waals surface area (Å²) in [7, 11) is 0. The molecule has 0 saturated heterocycles. The monoisotopic (exact) mass is 644 g/mol. The van der Waals surface area contributed by atoms with E-state index in [0.717, 1.165) is 0 Å². The first-order valence-electron chi connectivity index (χ1n) is 17.8. The van der Waals surface area contributed by atoms with Gasteiger partial charge >= 0.3 is 0 Å². The molecule has 51 heavy (non-hydrogen) atoms. The van der Waals surface area contributed by atoms with Gasteiger partial charge in [-0.1, -0.05) is 170 Å². The molecular weight excluding hydrogens is 613 g/mol. The fraction of sp³-hybridized carbons (Fsp3) is 0.0196. The Bertz CT molecular complexity index is 2830. The summed E-state index contributed by atoms with van der Waals surface area (Å²) in [6.45, 7) is 0. The number of rotatable bonds is 4. The van der Waals surface area contributed by atoms with E-state index in [2.05, 4.69) is 194 Å². The Labute approximate surface area is 297 Å². The molecule has 0 aromatic heterocycles. The third-order valence-corrected chi connectivity index (χ3v) is 11.4. The summed E-state index contributed by atoms with van der Waals surface area (Å²) in [5, 5.41) is 10.4. The molecule has 0 N–H and O–H groups in total. The first-order valence-corrected chi connectivity index (χ1v) is 17.8. The largest absolute Gasteiger partial charge is 0.0719 e. The van der Waals surface area contributed by atoms with Crippen LogP contribution in [0.3, 0.4) is 0 Å². The van der Waals surface area contributed by atoms with Gasteiger partial charge in [-0.15, -0.1) is 0 Å². The van der Waals surface area contributed by atoms with Gasteiger partial charge in [0.15, 0.2) is 0 Å². The molecule has 0 saturated carbocycles. The first-order chi connectivity index (χ1) is 25.3. The zero-order valence-corrected chi connectivity index (χ0v) is 28.0. The van der Waals surface area contributed by atoms with E-state index in [0.29, 0.717) is 0 Å². The van der Waals surface area contributed by atoms with Crippen LogP contribution in [-0.2, 0) is 5.41 Å². The average Bonchev–Trinajstić information content (AvgIpc) is 3.52. The summed E-state index contributed by atoms with van der Waals surface area (Å²) >= 11 is 0. The highest BCUT2D eigenvalue weighted by Crippen LogP contribution is 2.60. The quantitative estimate of drug-likeness (QED) is 0.167. The zero-order valence-electron chi connectivity index (χ0n) is 28.0. The Balaban J connectivity index is 1.27. The second kappa shape index (κ2) is 10.7. The van der Waals surface area contributed by atoms with E-state index in [1.165, 1.54) is 98.7 Å². The molecule has 1 aliphatic rings. The lowest BCUT2D eigenvalue weighted by Gasteiger charge is -2.35. The number of benzene rings is 10. The molecule has 10 aromatic carbocycles. The molecule has 11 rings (SSSR count). The zero-order chi connectivity index (χ0) is 33.5. The van der Waals surface area contributed by atoms with Gasteiger partial charge in [0.05, 0.1) is 5.41 Å². The molecule has 0 aliphatic heterocycles. The summed E-state index contributed by atoms with van der Waals surface area (Å²) in [5.41, 5.74) is 12.3. The Morgan fingerprint density at radius 3 is 1.53 bits per heavy atom. The van der Waals surface area contributed by atoms with E-state index in [1.54, 1.807) is 0 Å². The van der Waals surface area contributed by atoms with E-state index in [4.69, 9.17) is 0 Å². The van der Waals surface area contributed by atoms with Crippen LogP contribution in [-0.4, -0.2) is 0 Å². The standard InChI is InChI=1S/C51H32/c1-4-13-33(14-5-1)44-32-37-26-25-36(40-29-38-27-23-34-15-12-16-35-24-28-39(30-40)48(38)47(34)35)31-45(37)50-49(44)43-21-10-11-22-46(43)51(50,41-17-6-2-7-18-41)42-19-8-3-9-20-42/h1-32H. The van der Waals surface area contributed by atoms with Crippen molar-refractivity contribution in [1.82, 2.24) is 0 Å². The van der Waals surface area contributed by atoms with Crippen molar-refractivity contribution in [1.29, 1.82) is 0 Å². The molecule has 236 valence electrons. The Morgan fingerprint density at radius 2 is 0.863 bits per heavy atom. The normalized spacial score (nSPS) is 13.3. The number of fused-ring (bicyclic) bond motifs is 5. The summed E-state index contributed by atoms with van der Waals surface area (Å²) in [6, 6.07) is 72.5. The molecule has 0 unspecified atom stereocenters. The van der Waals surface area contributed by atoms with Gasteiger partial charge in [-0.3, -0.25) is 0 Å². The Morgan fingerprint density at radius 1 is 0.314 bits per heavy atom. The van der Waals surface area contributed by atoms with Crippen molar-refractivity contribution in [2.75, 3.05) is 0 Å². The number of hydrogen-bond acceptors (Lipinski definition) is 0. The van der Waals surface area contributed by atoms with Crippen LogP contribution in [0.4, 0.5) is 0 Å². The molecule has 10 aromatic rings. The highest BCUT2D eigenvalue weighted by Gasteiger charge is 2.48. The van der Waals surface area contributed by atoms with Gasteiger partial charge in [-0.05, 0) is 123 Å². The summed E-state index contributed by atoms with van der Waals surface area (Å²) < 4.78 is 0. The molecule has 0 nitrogen and oxygen atoms in total. The predicted molar refractivity (Wildman–Crippen MR) is 216 cm³/mol. The van der Waals surface area contributed by atoms with E-state index < -0.39 is 5.41 Å². The molecule has 0 amide bonds. The minimum absolute atomic E-state index is 0.510. The smallest absolute Gasteiger partial charge is 0.0622 e. The van der Waals surface area contributed by atoms with Gasteiger partial charge in [-0.25, -0.2) is 0 Å². The molecular formula is C51H32. The van der Waals surface area contributed by atoms with E-state index >= 15 is 0 Å². The lowest BCUT2D eigenvalue weighted by atomic mass is 9.66. The van der Waals surface area contributed by atoms with Crippen LogP contribution in [0.1, 0.15) is 22.3 Å². The van der Waals surface area contributed by atoms with Crippen molar-refractivity contribution in [3.8, 4) is 33.4 Å². The van der Waals surface area contributed by atoms with Crippen molar-refractivity contribution in [2.24, 2.45) is 0 Å². The second-order valence-corrected chi connectivity index (χ2v) is 14.0. The van der Waals surface area contributed by atoms with Gasteiger partial charge in [0.25, 0.3) is 0 Å². The molecule has 0 spiro atoms. The van der Waals surface area contributed by atoms with Gasteiger partial charge in [-0.2, -0.15) is 0 Å². The Kier molecular flexibility index (Phi) is 5.97. The third-order valence-electron chi connectivity index (χ3n) is 11.4. The summed E-state index contributed by atoms with van der Waals surface area (Å²) in [6.07, 6.45) is 0. The fourth-order valence-electron chi connectivity index (χ4n) is 9.32. The highest BCUT2D eigenvalue weighted by molar-refractivity contribution is 6.23. The van der Waals surface area contributed by atoms with Gasteiger partial charge in [0.2, 0.25) is 0 Å². The van der Waals surface area contributed by atoms with Crippen molar-refractivity contribution in [3.05, 3.63) is 216 Å². The van der Waals surface area contributed by atoms with Gasteiger partial charge in [0, 0.05) is 0 Å². The van der Waals surface area contributed by atoms with Crippen LogP contribution >= 0.6 is 0 Å². The maximum atomic E-state index is 2.47. The van der Waals surface area contributed by atoms with Crippen molar-refractivity contribution in [3.63, 3.8) is 0 Å². The maximum Gasteiger partial charge on any atom is 0.0719 e. The predicted octanol–water partition coefficient (Wildman–Crippen LogP) is 13.4. The van der Waals surface area contributed by atoms with E-state index in [9.17, 15) is 0 Å². The molecule has 0 bridgehead atoms. The van der Waals surface area contributed by atoms with Crippen LogP contribution in [0.15, 0.2) is 194 Å². The van der Waals surface area contributed by atoms with Gasteiger partial charge < -0.3 is 0 Å². The number of hydrogen-bond donors (Lipinski definition) is 0.